The van der Waals surface area contributed by atoms with Gasteiger partial charge in [0.15, 0.2) is 0 Å². The maximum Gasteiger partial charge on any atom is 0.421 e. The predicted octanol–water partition coefficient (Wildman–Crippen LogP) is 5.87. The van der Waals surface area contributed by atoms with E-state index < -0.39 is 16.5 Å². The van der Waals surface area contributed by atoms with E-state index in [1.54, 1.807) is 13.2 Å². The molecule has 5 rings (SSSR count). The number of carbonyl (C=O) groups excluding carboxylic acids is 1. The van der Waals surface area contributed by atoms with E-state index in [1.807, 2.05) is 25.1 Å². The lowest BCUT2D eigenvalue weighted by atomic mass is 9.70. The third kappa shape index (κ3) is 6.56. The fourth-order valence-corrected chi connectivity index (χ4v) is 7.31. The maximum atomic E-state index is 13.4. The molecule has 2 heterocycles. The fraction of sp³-hybridized carbons (Fsp3) is 0.516. The Hall–Kier alpha value is -2.39. The van der Waals surface area contributed by atoms with Gasteiger partial charge in [-0.05, 0) is 108 Å². The van der Waals surface area contributed by atoms with Gasteiger partial charge in [0.1, 0.15) is 5.75 Å². The van der Waals surface area contributed by atoms with Crippen LogP contribution in [0.15, 0.2) is 48.6 Å². The first kappa shape index (κ1) is 29.1. The summed E-state index contributed by atoms with van der Waals surface area (Å²) in [6, 6.07) is 11.6. The first-order valence-electron chi connectivity index (χ1n) is 14.3. The number of allylic oxidation sites excluding steroid dienone is 1. The summed E-state index contributed by atoms with van der Waals surface area (Å²) in [5, 5.41) is 0.741. The monoisotopic (exact) mass is 585 g/mol. The molecule has 0 saturated heterocycles. The number of rotatable bonds is 1. The van der Waals surface area contributed by atoms with Crippen LogP contribution in [0, 0.1) is 17.8 Å². The summed E-state index contributed by atoms with van der Waals surface area (Å²) in [5.74, 6) is 7.64. The van der Waals surface area contributed by atoms with Crippen molar-refractivity contribution in [1.82, 2.24) is 0 Å². The Kier molecular flexibility index (Phi) is 9.51. The lowest BCUT2D eigenvalue weighted by Gasteiger charge is -2.43. The molecule has 7 nitrogen and oxygen atoms in total. The zero-order chi connectivity index (χ0) is 28.2. The molecular formula is C31H40ClN3O4S. The van der Waals surface area contributed by atoms with Gasteiger partial charge in [-0.15, -0.1) is 5.84 Å². The van der Waals surface area contributed by atoms with E-state index in [0.29, 0.717) is 36.3 Å². The Balaban J connectivity index is 1.62. The Bertz CT molecular complexity index is 1360. The molecule has 2 N–H and O–H groups in total. The van der Waals surface area contributed by atoms with Gasteiger partial charge in [0.25, 0.3) is 0 Å². The molecule has 9 heteroatoms. The van der Waals surface area contributed by atoms with Crippen molar-refractivity contribution in [2.75, 3.05) is 30.9 Å². The Labute approximate surface area is 244 Å². The minimum atomic E-state index is -1.65. The molecule has 3 aliphatic rings. The van der Waals surface area contributed by atoms with Crippen molar-refractivity contribution >= 4 is 33.8 Å². The van der Waals surface area contributed by atoms with Crippen LogP contribution in [0.2, 0.25) is 5.02 Å². The molecule has 0 spiro atoms. The van der Waals surface area contributed by atoms with Crippen LogP contribution in [-0.2, 0) is 32.5 Å². The number of benzene rings is 2. The van der Waals surface area contributed by atoms with Crippen molar-refractivity contribution in [2.45, 2.75) is 58.1 Å². The van der Waals surface area contributed by atoms with Crippen LogP contribution in [0.5, 0.6) is 5.75 Å². The van der Waals surface area contributed by atoms with Gasteiger partial charge in [-0.3, -0.25) is 0 Å². The number of fused-ring (bicyclic) bond motifs is 3. The summed E-state index contributed by atoms with van der Waals surface area (Å²) in [7, 11) is 0.132. The van der Waals surface area contributed by atoms with Crippen molar-refractivity contribution in [3.05, 3.63) is 70.3 Å². The molecule has 1 saturated carbocycles. The highest BCUT2D eigenvalue weighted by molar-refractivity contribution is 7.72. The van der Waals surface area contributed by atoms with Gasteiger partial charge in [-0.1, -0.05) is 42.7 Å². The first-order valence-corrected chi connectivity index (χ1v) is 16.0. The van der Waals surface area contributed by atoms with Crippen LogP contribution in [0.4, 0.5) is 5.69 Å². The highest BCUT2D eigenvalue weighted by Crippen LogP contribution is 2.42. The molecule has 1 fully saturated rings. The fourth-order valence-electron chi connectivity index (χ4n) is 6.04. The molecular weight excluding hydrogens is 546 g/mol. The minimum Gasteiger partial charge on any atom is -0.491 e. The SMILES string of the molecule is CO[C@H]1/C=C\C[C@H](C)C/[S-](=O)=[N+](/N)C(=O)c2ccc3c(c2)N(Cc2ccc(Cl)cc2CCCCO3)C[C@@H]2CC[C@H]21. The summed E-state index contributed by atoms with van der Waals surface area (Å²) >= 11 is 6.41. The number of halogens is 1. The van der Waals surface area contributed by atoms with E-state index in [4.69, 9.17) is 26.9 Å². The number of amides is 1. The van der Waals surface area contributed by atoms with Gasteiger partial charge in [0.2, 0.25) is 0 Å². The van der Waals surface area contributed by atoms with E-state index >= 15 is 0 Å². The van der Waals surface area contributed by atoms with E-state index in [9.17, 15) is 9.00 Å². The number of nitrogens with two attached hydrogens (primary N) is 1. The molecule has 2 aromatic carbocycles. The summed E-state index contributed by atoms with van der Waals surface area (Å²) in [5.41, 5.74) is 3.71. The number of aryl methyl sites for hydroxylation is 1. The summed E-state index contributed by atoms with van der Waals surface area (Å²) in [4.78, 5) is 15.8. The largest absolute Gasteiger partial charge is 0.491 e. The molecule has 2 aromatic rings. The van der Waals surface area contributed by atoms with Crippen LogP contribution in [0.3, 0.4) is 0 Å². The van der Waals surface area contributed by atoms with Crippen molar-refractivity contribution in [3.63, 3.8) is 0 Å². The molecule has 1 aliphatic carbocycles. The van der Waals surface area contributed by atoms with E-state index in [1.165, 1.54) is 11.1 Å². The second kappa shape index (κ2) is 13.1. The highest BCUT2D eigenvalue weighted by atomic mass is 35.5. The van der Waals surface area contributed by atoms with Crippen LogP contribution >= 0.6 is 11.6 Å². The number of hydrogen-bond acceptors (Lipinski definition) is 7. The summed E-state index contributed by atoms with van der Waals surface area (Å²) < 4.78 is 26.2. The summed E-state index contributed by atoms with van der Waals surface area (Å²) in [6.07, 6.45) is 10.1. The smallest absolute Gasteiger partial charge is 0.421 e. The molecule has 4 atom stereocenters. The standard InChI is InChI=1S/C31H40ClN3O4S/c1-21-6-5-8-29(38-2)27-13-10-25(27)19-34-18-24-9-12-26(32)16-22(24)7-3-4-15-39-30-14-11-23(17-28(30)34)31(36)35(33)40(37)20-21/h5,8-9,11-12,14,16-17,21,25,27,29H,3-4,6-7,10,13,15,18-20,33H2,1-2H3/b8-5-/t21-,25-,27+,29-/m0/s1. The molecule has 40 heavy (non-hydrogen) atoms. The van der Waals surface area contributed by atoms with Crippen LogP contribution < -0.4 is 15.5 Å². The second-order valence-electron chi connectivity index (χ2n) is 11.4. The lowest BCUT2D eigenvalue weighted by Crippen LogP contribution is -2.43. The molecule has 1 amide bonds. The quantitative estimate of drug-likeness (QED) is 0.148. The minimum absolute atomic E-state index is 0.0222. The number of methoxy groups -OCH3 is 1. The van der Waals surface area contributed by atoms with Gasteiger partial charge >= 0.3 is 5.91 Å². The molecule has 0 aromatic heterocycles. The molecule has 2 bridgehead atoms. The van der Waals surface area contributed by atoms with Crippen molar-refractivity contribution < 1.29 is 22.5 Å². The van der Waals surface area contributed by atoms with Crippen molar-refractivity contribution in [3.8, 4) is 5.75 Å². The van der Waals surface area contributed by atoms with E-state index in [0.717, 1.165) is 65.6 Å². The normalized spacial score (nSPS) is 29.7. The molecule has 2 aliphatic heterocycles. The van der Waals surface area contributed by atoms with Crippen molar-refractivity contribution in [2.24, 2.45) is 23.6 Å². The van der Waals surface area contributed by atoms with Crippen LogP contribution in [0.25, 0.3) is 0 Å². The van der Waals surface area contributed by atoms with Gasteiger partial charge in [-0.25, -0.2) is 4.79 Å². The van der Waals surface area contributed by atoms with Gasteiger partial charge in [0, 0.05) is 25.2 Å². The van der Waals surface area contributed by atoms with Crippen LogP contribution in [-0.4, -0.2) is 42.1 Å². The van der Waals surface area contributed by atoms with Gasteiger partial charge < -0.3 is 18.6 Å². The number of ether oxygens (including phenoxy) is 2. The first-order chi connectivity index (χ1) is 19.3. The molecule has 0 unspecified atom stereocenters. The van der Waals surface area contributed by atoms with Crippen LogP contribution in [0.1, 0.15) is 60.5 Å². The van der Waals surface area contributed by atoms with Gasteiger partial charge in [0.05, 0.1) is 24.0 Å². The van der Waals surface area contributed by atoms with Crippen molar-refractivity contribution in [1.29, 1.82) is 0 Å². The Morgan fingerprint density at radius 2 is 2.00 bits per heavy atom. The van der Waals surface area contributed by atoms with Gasteiger partial charge in [-0.2, -0.15) is 4.05 Å². The van der Waals surface area contributed by atoms with E-state index in [-0.39, 0.29) is 12.0 Å². The lowest BCUT2D eigenvalue weighted by molar-refractivity contribution is -0.414. The summed E-state index contributed by atoms with van der Waals surface area (Å²) in [6.45, 7) is 4.06. The predicted molar refractivity (Wildman–Crippen MR) is 159 cm³/mol. The average molecular weight is 586 g/mol. The number of carbonyl (C=O) groups is 1. The zero-order valence-corrected chi connectivity index (χ0v) is 25.0. The third-order valence-electron chi connectivity index (χ3n) is 8.51. The number of anilines is 1. The zero-order valence-electron chi connectivity index (χ0n) is 23.4. The topological polar surface area (TPSA) is 84.9 Å². The molecule has 216 valence electrons. The van der Waals surface area contributed by atoms with E-state index in [2.05, 4.69) is 29.2 Å². The average Bonchev–Trinajstić information content (AvgIpc) is 2.96. The Morgan fingerprint density at radius 1 is 1.15 bits per heavy atom. The molecule has 0 radical (unpaired) electrons. The third-order valence-corrected chi connectivity index (χ3v) is 10.2. The number of nitrogens with zero attached hydrogens (tertiary/aromatic N) is 2. The second-order valence-corrected chi connectivity index (χ2v) is 13.2. The number of hydrazine groups is 1. The number of hydrogen-bond donors (Lipinski definition) is 1. The Morgan fingerprint density at radius 3 is 2.77 bits per heavy atom. The highest BCUT2D eigenvalue weighted by Gasteiger charge is 2.38. The maximum absolute atomic E-state index is 13.4.